The lowest BCUT2D eigenvalue weighted by atomic mass is 10.1. The highest BCUT2D eigenvalue weighted by molar-refractivity contribution is 5.95. The van der Waals surface area contributed by atoms with E-state index in [2.05, 4.69) is 38.3 Å². The number of benzene rings is 1. The molecule has 2 aromatic rings. The van der Waals surface area contributed by atoms with E-state index >= 15 is 0 Å². The van der Waals surface area contributed by atoms with Gasteiger partial charge in [-0.05, 0) is 39.2 Å². The molecule has 4 N–H and O–H groups in total. The summed E-state index contributed by atoms with van der Waals surface area (Å²) in [5.74, 6) is 0.391. The number of aromatic nitrogens is 1. The summed E-state index contributed by atoms with van der Waals surface area (Å²) >= 11 is 0. The minimum atomic E-state index is -0.416. The highest BCUT2D eigenvalue weighted by Crippen LogP contribution is 2.25. The molecule has 0 atom stereocenters. The van der Waals surface area contributed by atoms with E-state index in [-0.39, 0.29) is 18.1 Å². The number of fused-ring (bicyclic) bond motifs is 1. The van der Waals surface area contributed by atoms with Gasteiger partial charge in [-0.15, -0.1) is 0 Å². The monoisotopic (exact) mass is 395 g/mol. The Morgan fingerprint density at radius 2 is 2.17 bits per heavy atom. The first-order valence-electron chi connectivity index (χ1n) is 9.41. The molecule has 0 saturated carbocycles. The highest BCUT2D eigenvalue weighted by Gasteiger charge is 2.16. The van der Waals surface area contributed by atoms with E-state index in [0.717, 1.165) is 40.9 Å². The lowest BCUT2D eigenvalue weighted by Crippen LogP contribution is -2.30. The van der Waals surface area contributed by atoms with Crippen LogP contribution in [-0.4, -0.2) is 51.0 Å². The second-order valence-electron chi connectivity index (χ2n) is 6.60. The molecule has 1 aromatic heterocycles. The number of aryl methyl sites for hydroxylation is 1. The number of amides is 1. The molecule has 8 heteroatoms. The van der Waals surface area contributed by atoms with Crippen LogP contribution in [0.15, 0.2) is 45.8 Å². The van der Waals surface area contributed by atoms with Gasteiger partial charge in [0.05, 0.1) is 5.52 Å². The molecule has 0 spiro atoms. The van der Waals surface area contributed by atoms with Gasteiger partial charge in [-0.25, -0.2) is 9.98 Å². The van der Waals surface area contributed by atoms with E-state index in [9.17, 15) is 4.79 Å². The van der Waals surface area contributed by atoms with Gasteiger partial charge in [0.25, 0.3) is 5.91 Å². The molecule has 0 aliphatic rings. The average Bonchev–Trinajstić information content (AvgIpc) is 2.73. The molecule has 2 rings (SSSR count). The number of para-hydroxylation sites is 1. The van der Waals surface area contributed by atoms with Gasteiger partial charge >= 0.3 is 0 Å². The molecule has 0 bridgehead atoms. The van der Waals surface area contributed by atoms with Gasteiger partial charge in [-0.1, -0.05) is 18.2 Å². The summed E-state index contributed by atoms with van der Waals surface area (Å²) in [5.41, 5.74) is 8.74. The number of nitrogens with two attached hydrogens (primary N) is 1. The molecule has 29 heavy (non-hydrogen) atoms. The number of carbonyl (C=O) groups excluding carboxylic acids is 1. The van der Waals surface area contributed by atoms with Gasteiger partial charge in [0.2, 0.25) is 0 Å². The molecule has 0 fully saturated rings. The summed E-state index contributed by atoms with van der Waals surface area (Å²) in [4.78, 5) is 27.2. The quantitative estimate of drug-likeness (QED) is 0.443. The Balaban J connectivity index is 2.39. The van der Waals surface area contributed by atoms with Gasteiger partial charge in [0.1, 0.15) is 5.82 Å². The molecule has 1 amide bonds. The Morgan fingerprint density at radius 3 is 2.83 bits per heavy atom. The number of likely N-dealkylation sites (N-methyl/N-ethyl adjacent to an activating group) is 2. The van der Waals surface area contributed by atoms with Crippen molar-refractivity contribution < 1.29 is 4.79 Å². The number of hydrogen-bond donors (Lipinski definition) is 3. The van der Waals surface area contributed by atoms with Crippen LogP contribution >= 0.6 is 0 Å². The molecular formula is C21H29N7O. The smallest absolute Gasteiger partial charge is 0.273 e. The largest absolute Gasteiger partial charge is 0.382 e. The topological polar surface area (TPSA) is 108 Å². The average molecular weight is 396 g/mol. The predicted octanol–water partition coefficient (Wildman–Crippen LogP) is 1.73. The van der Waals surface area contributed by atoms with E-state index in [1.807, 2.05) is 39.2 Å². The van der Waals surface area contributed by atoms with Crippen LogP contribution < -0.4 is 21.3 Å². The maximum Gasteiger partial charge on any atom is 0.273 e. The first-order chi connectivity index (χ1) is 13.9. The van der Waals surface area contributed by atoms with E-state index in [1.54, 1.807) is 6.92 Å². The van der Waals surface area contributed by atoms with Crippen molar-refractivity contribution in [2.75, 3.05) is 32.1 Å². The van der Waals surface area contributed by atoms with Crippen LogP contribution in [0.1, 0.15) is 18.1 Å². The van der Waals surface area contributed by atoms with E-state index < -0.39 is 5.91 Å². The summed E-state index contributed by atoms with van der Waals surface area (Å²) < 4.78 is 0. The van der Waals surface area contributed by atoms with Gasteiger partial charge in [-0.3, -0.25) is 9.79 Å². The Labute approximate surface area is 171 Å². The van der Waals surface area contributed by atoms with Crippen molar-refractivity contribution in [3.05, 3.63) is 46.9 Å². The molecule has 0 radical (unpaired) electrons. The molecule has 0 aliphatic heterocycles. The second kappa shape index (κ2) is 10.3. The molecule has 0 saturated heterocycles. The molecule has 8 nitrogen and oxygen atoms in total. The maximum absolute atomic E-state index is 12.6. The predicted molar refractivity (Wildman–Crippen MR) is 120 cm³/mol. The number of rotatable bonds is 9. The van der Waals surface area contributed by atoms with Crippen LogP contribution in [0, 0.1) is 6.92 Å². The van der Waals surface area contributed by atoms with Crippen molar-refractivity contribution in [2.45, 2.75) is 20.4 Å². The van der Waals surface area contributed by atoms with E-state index in [4.69, 9.17) is 10.7 Å². The van der Waals surface area contributed by atoms with E-state index in [1.165, 1.54) is 6.21 Å². The van der Waals surface area contributed by atoms with Crippen LogP contribution in [-0.2, 0) is 11.3 Å². The van der Waals surface area contributed by atoms with Crippen LogP contribution in [0.5, 0.6) is 0 Å². The molecule has 1 aromatic carbocycles. The zero-order valence-corrected chi connectivity index (χ0v) is 17.5. The molecule has 1 heterocycles. The third kappa shape index (κ3) is 5.39. The third-order valence-electron chi connectivity index (χ3n) is 4.49. The zero-order chi connectivity index (χ0) is 21.4. The van der Waals surface area contributed by atoms with Crippen LogP contribution in [0.3, 0.4) is 0 Å². The first-order valence-corrected chi connectivity index (χ1v) is 9.41. The second-order valence-corrected chi connectivity index (χ2v) is 6.60. The summed E-state index contributed by atoms with van der Waals surface area (Å²) in [6.45, 7) is 8.98. The normalized spacial score (nSPS) is 12.1. The van der Waals surface area contributed by atoms with Crippen molar-refractivity contribution in [2.24, 2.45) is 15.7 Å². The van der Waals surface area contributed by atoms with Gasteiger partial charge < -0.3 is 21.3 Å². The van der Waals surface area contributed by atoms with Crippen molar-refractivity contribution in [1.82, 2.24) is 15.6 Å². The van der Waals surface area contributed by atoms with Gasteiger partial charge in [0.15, 0.2) is 11.5 Å². The fourth-order valence-corrected chi connectivity index (χ4v) is 2.93. The van der Waals surface area contributed by atoms with Crippen molar-refractivity contribution in [1.29, 1.82) is 0 Å². The molecule has 0 aliphatic carbocycles. The lowest BCUT2D eigenvalue weighted by molar-refractivity contribution is -0.117. The Kier molecular flexibility index (Phi) is 7.85. The van der Waals surface area contributed by atoms with E-state index in [0.29, 0.717) is 0 Å². The number of anilines is 1. The first kappa shape index (κ1) is 22.0. The minimum Gasteiger partial charge on any atom is -0.382 e. The number of aliphatic imine (C=N–C) groups is 2. The fourth-order valence-electron chi connectivity index (χ4n) is 2.93. The Bertz CT molecular complexity index is 949. The Morgan fingerprint density at radius 1 is 1.41 bits per heavy atom. The molecule has 154 valence electrons. The highest BCUT2D eigenvalue weighted by atomic mass is 16.2. The van der Waals surface area contributed by atoms with Crippen LogP contribution in [0.25, 0.3) is 10.9 Å². The number of nitrogens with one attached hydrogen (secondary N) is 2. The summed E-state index contributed by atoms with van der Waals surface area (Å²) in [5, 5.41) is 7.04. The summed E-state index contributed by atoms with van der Waals surface area (Å²) in [7, 11) is 3.90. The SMILES string of the molecule is C=N/C(N)=C(\N=C/C)C(=O)NCc1cc2cccc(C)c2nc1N(C)CCNC. The minimum absolute atomic E-state index is 0.0146. The maximum atomic E-state index is 12.6. The summed E-state index contributed by atoms with van der Waals surface area (Å²) in [6.07, 6.45) is 1.49. The van der Waals surface area contributed by atoms with Gasteiger partial charge in [0, 0.05) is 43.8 Å². The molecular weight excluding hydrogens is 366 g/mol. The zero-order valence-electron chi connectivity index (χ0n) is 17.5. The fraction of sp³-hybridized carbons (Fsp3) is 0.333. The lowest BCUT2D eigenvalue weighted by Gasteiger charge is -2.22. The number of hydrogen-bond acceptors (Lipinski definition) is 7. The standard InChI is InChI=1S/C21H29N7O/c1-6-25-18(19(22)24-4)21(29)26-13-16-12-15-9-7-8-14(2)17(15)27-20(16)28(5)11-10-23-3/h6-9,12,23H,4,10-11,13,22H2,1-3,5H3,(H,26,29)/b19-18-,25-6-. The third-order valence-corrected chi connectivity index (χ3v) is 4.49. The number of pyridine rings is 1. The van der Waals surface area contributed by atoms with Gasteiger partial charge in [-0.2, -0.15) is 0 Å². The summed E-state index contributed by atoms with van der Waals surface area (Å²) in [6, 6.07) is 8.12. The van der Waals surface area contributed by atoms with Crippen LogP contribution in [0.4, 0.5) is 5.82 Å². The van der Waals surface area contributed by atoms with Crippen molar-refractivity contribution >= 4 is 35.6 Å². The number of carbonyl (C=O) groups is 1. The van der Waals surface area contributed by atoms with Crippen molar-refractivity contribution in [3.63, 3.8) is 0 Å². The van der Waals surface area contributed by atoms with Crippen molar-refractivity contribution in [3.8, 4) is 0 Å². The van der Waals surface area contributed by atoms with Crippen LogP contribution in [0.2, 0.25) is 0 Å². The Hall–Kier alpha value is -3.26. The number of nitrogens with zero attached hydrogens (tertiary/aromatic N) is 4. The molecule has 0 unspecified atom stereocenters.